The molecule has 1 nitrogen and oxygen atoms in total. The second-order valence-corrected chi connectivity index (χ2v) is 5.13. The first kappa shape index (κ1) is 15.2. The summed E-state index contributed by atoms with van der Waals surface area (Å²) in [5, 5.41) is 3.60. The zero-order valence-electron chi connectivity index (χ0n) is 11.3. The van der Waals surface area contributed by atoms with Crippen LogP contribution in [0.25, 0.3) is 0 Å². The van der Waals surface area contributed by atoms with Gasteiger partial charge in [0.1, 0.15) is 5.82 Å². The normalized spacial score (nSPS) is 12.3. The van der Waals surface area contributed by atoms with E-state index in [1.54, 1.807) is 18.2 Å². The molecule has 1 aromatic rings. The summed E-state index contributed by atoms with van der Waals surface area (Å²) < 4.78 is 13.8. The van der Waals surface area contributed by atoms with E-state index < -0.39 is 0 Å². The van der Waals surface area contributed by atoms with Gasteiger partial charge in [0.15, 0.2) is 0 Å². The zero-order valence-corrected chi connectivity index (χ0v) is 12.0. The van der Waals surface area contributed by atoms with Crippen LogP contribution in [0.15, 0.2) is 29.8 Å². The van der Waals surface area contributed by atoms with Crippen LogP contribution in [0.1, 0.15) is 32.8 Å². The summed E-state index contributed by atoms with van der Waals surface area (Å²) >= 11 is 5.80. The van der Waals surface area contributed by atoms with Gasteiger partial charge in [0.05, 0.1) is 5.02 Å². The standard InChI is InChI=1S/C15H21ClFN/c1-4-8-18-13(9-11(2)3)10-12-6-5-7-14(16)15(12)17/h5-7,9,13,18H,4,8,10H2,1-3H3. The van der Waals surface area contributed by atoms with E-state index in [4.69, 9.17) is 11.6 Å². The maximum absolute atomic E-state index is 13.8. The lowest BCUT2D eigenvalue weighted by molar-refractivity contribution is 0.555. The number of hydrogen-bond acceptors (Lipinski definition) is 1. The summed E-state index contributed by atoms with van der Waals surface area (Å²) in [4.78, 5) is 0. The predicted octanol–water partition coefficient (Wildman–Crippen LogP) is 4.36. The minimum absolute atomic E-state index is 0.155. The average Bonchev–Trinajstić information content (AvgIpc) is 2.31. The van der Waals surface area contributed by atoms with Gasteiger partial charge < -0.3 is 5.32 Å². The van der Waals surface area contributed by atoms with E-state index in [9.17, 15) is 4.39 Å². The number of halogens is 2. The molecule has 0 heterocycles. The summed E-state index contributed by atoms with van der Waals surface area (Å²) in [6, 6.07) is 5.32. The molecule has 0 radical (unpaired) electrons. The summed E-state index contributed by atoms with van der Waals surface area (Å²) in [6.45, 7) is 7.15. The van der Waals surface area contributed by atoms with Crippen LogP contribution < -0.4 is 5.32 Å². The van der Waals surface area contributed by atoms with Crippen molar-refractivity contribution in [2.24, 2.45) is 0 Å². The zero-order chi connectivity index (χ0) is 13.5. The first-order valence-electron chi connectivity index (χ1n) is 6.36. The van der Waals surface area contributed by atoms with E-state index in [1.165, 1.54) is 5.57 Å². The molecule has 0 saturated carbocycles. The number of benzene rings is 1. The molecule has 18 heavy (non-hydrogen) atoms. The van der Waals surface area contributed by atoms with Crippen LogP contribution in [0.2, 0.25) is 5.02 Å². The molecule has 0 aliphatic rings. The number of nitrogens with one attached hydrogen (secondary N) is 1. The Morgan fingerprint density at radius 2 is 2.17 bits per heavy atom. The SMILES string of the molecule is CCCNC(C=C(C)C)Cc1cccc(Cl)c1F. The molecule has 1 rings (SSSR count). The van der Waals surface area contributed by atoms with Crippen molar-refractivity contribution in [1.29, 1.82) is 0 Å². The van der Waals surface area contributed by atoms with Gasteiger partial charge in [-0.1, -0.05) is 42.3 Å². The molecule has 0 amide bonds. The molecule has 1 N–H and O–H groups in total. The molecule has 0 bridgehead atoms. The minimum Gasteiger partial charge on any atom is -0.310 e. The highest BCUT2D eigenvalue weighted by Crippen LogP contribution is 2.19. The largest absolute Gasteiger partial charge is 0.310 e. The van der Waals surface area contributed by atoms with E-state index in [-0.39, 0.29) is 16.9 Å². The van der Waals surface area contributed by atoms with Crippen molar-refractivity contribution in [1.82, 2.24) is 5.32 Å². The highest BCUT2D eigenvalue weighted by atomic mass is 35.5. The Morgan fingerprint density at radius 1 is 1.44 bits per heavy atom. The second-order valence-electron chi connectivity index (χ2n) is 4.72. The van der Waals surface area contributed by atoms with E-state index in [0.29, 0.717) is 12.0 Å². The Hall–Kier alpha value is -0.860. The second kappa shape index (κ2) is 7.55. The highest BCUT2D eigenvalue weighted by Gasteiger charge is 2.11. The minimum atomic E-state index is -0.301. The molecule has 1 unspecified atom stereocenters. The van der Waals surface area contributed by atoms with Crippen LogP contribution in [0.4, 0.5) is 4.39 Å². The van der Waals surface area contributed by atoms with Crippen molar-refractivity contribution in [2.45, 2.75) is 39.7 Å². The fourth-order valence-corrected chi connectivity index (χ4v) is 2.06. The van der Waals surface area contributed by atoms with E-state index in [0.717, 1.165) is 13.0 Å². The third-order valence-electron chi connectivity index (χ3n) is 2.66. The van der Waals surface area contributed by atoms with Crippen LogP contribution in [0.3, 0.4) is 0 Å². The Balaban J connectivity index is 2.82. The quantitative estimate of drug-likeness (QED) is 0.757. The Kier molecular flexibility index (Phi) is 6.37. The topological polar surface area (TPSA) is 12.0 Å². The van der Waals surface area contributed by atoms with Crippen LogP contribution in [0.5, 0.6) is 0 Å². The number of hydrogen-bond donors (Lipinski definition) is 1. The Bertz CT molecular complexity index is 411. The molecule has 0 fully saturated rings. The monoisotopic (exact) mass is 269 g/mol. The molecule has 0 aromatic heterocycles. The Labute approximate surface area is 114 Å². The van der Waals surface area contributed by atoms with Gasteiger partial charge in [0.2, 0.25) is 0 Å². The van der Waals surface area contributed by atoms with Gasteiger partial charge in [-0.3, -0.25) is 0 Å². The van der Waals surface area contributed by atoms with Crippen LogP contribution in [-0.2, 0) is 6.42 Å². The maximum Gasteiger partial charge on any atom is 0.145 e. The molecule has 0 aliphatic carbocycles. The lowest BCUT2D eigenvalue weighted by Crippen LogP contribution is -2.30. The lowest BCUT2D eigenvalue weighted by Gasteiger charge is -2.16. The molecule has 100 valence electrons. The van der Waals surface area contributed by atoms with Crippen molar-refractivity contribution < 1.29 is 4.39 Å². The third kappa shape index (κ3) is 4.79. The summed E-state index contributed by atoms with van der Waals surface area (Å²) in [7, 11) is 0. The van der Waals surface area contributed by atoms with Gasteiger partial charge in [-0.05, 0) is 44.9 Å². The molecule has 0 aliphatic heterocycles. The summed E-state index contributed by atoms with van der Waals surface area (Å²) in [5.74, 6) is -0.301. The first-order valence-corrected chi connectivity index (χ1v) is 6.73. The molecule has 3 heteroatoms. The lowest BCUT2D eigenvalue weighted by atomic mass is 10.0. The van der Waals surface area contributed by atoms with Crippen LogP contribution in [-0.4, -0.2) is 12.6 Å². The fraction of sp³-hybridized carbons (Fsp3) is 0.467. The number of allylic oxidation sites excluding steroid dienone is 1. The van der Waals surface area contributed by atoms with Crippen LogP contribution >= 0.6 is 11.6 Å². The van der Waals surface area contributed by atoms with E-state index in [2.05, 4.69) is 32.2 Å². The predicted molar refractivity (Wildman–Crippen MR) is 76.6 cm³/mol. The molecular weight excluding hydrogens is 249 g/mol. The van der Waals surface area contributed by atoms with E-state index in [1.807, 2.05) is 0 Å². The summed E-state index contributed by atoms with van der Waals surface area (Å²) in [6.07, 6.45) is 3.82. The van der Waals surface area contributed by atoms with Gasteiger partial charge in [-0.15, -0.1) is 0 Å². The maximum atomic E-state index is 13.8. The molecule has 0 saturated heterocycles. The van der Waals surface area contributed by atoms with Gasteiger partial charge in [-0.25, -0.2) is 4.39 Å². The van der Waals surface area contributed by atoms with Crippen molar-refractivity contribution >= 4 is 11.6 Å². The van der Waals surface area contributed by atoms with Gasteiger partial charge >= 0.3 is 0 Å². The fourth-order valence-electron chi connectivity index (χ4n) is 1.87. The van der Waals surface area contributed by atoms with Crippen molar-refractivity contribution in [2.75, 3.05) is 6.54 Å². The van der Waals surface area contributed by atoms with Gasteiger partial charge in [0, 0.05) is 6.04 Å². The molecule has 1 aromatic carbocycles. The van der Waals surface area contributed by atoms with Crippen molar-refractivity contribution in [3.8, 4) is 0 Å². The highest BCUT2D eigenvalue weighted by molar-refractivity contribution is 6.30. The number of rotatable bonds is 6. The summed E-state index contributed by atoms with van der Waals surface area (Å²) in [5.41, 5.74) is 1.89. The molecule has 0 spiro atoms. The van der Waals surface area contributed by atoms with Gasteiger partial charge in [0.25, 0.3) is 0 Å². The molecule has 1 atom stereocenters. The third-order valence-corrected chi connectivity index (χ3v) is 2.95. The average molecular weight is 270 g/mol. The van der Waals surface area contributed by atoms with Crippen molar-refractivity contribution in [3.63, 3.8) is 0 Å². The van der Waals surface area contributed by atoms with E-state index >= 15 is 0 Å². The van der Waals surface area contributed by atoms with Gasteiger partial charge in [-0.2, -0.15) is 0 Å². The Morgan fingerprint density at radius 3 is 2.78 bits per heavy atom. The van der Waals surface area contributed by atoms with Crippen molar-refractivity contribution in [3.05, 3.63) is 46.3 Å². The molecular formula is C15H21ClFN. The smallest absolute Gasteiger partial charge is 0.145 e. The van der Waals surface area contributed by atoms with Crippen LogP contribution in [0, 0.1) is 5.82 Å². The first-order chi connectivity index (χ1) is 8.54.